The van der Waals surface area contributed by atoms with E-state index >= 15 is 0 Å². The van der Waals surface area contributed by atoms with Crippen molar-refractivity contribution in [1.29, 1.82) is 0 Å². The standard InChI is InChI=1S/C27H32O/c1-3-7-22-10-16-25(17-11-22)26-18-12-23(13-19-26)8-5-6-9-24-14-20-27(21-15-24)28-4-2/h5,8,10-11,14-17,20-21,23,26H,3-4,7,12-13,18-19H2,1-2H3/b8-5+/t23-,26-. The Bertz CT molecular complexity index is 794. The van der Waals surface area contributed by atoms with Gasteiger partial charge in [0.05, 0.1) is 6.61 Å². The van der Waals surface area contributed by atoms with E-state index in [1.54, 1.807) is 0 Å². The molecule has 0 aromatic heterocycles. The third-order valence-corrected chi connectivity index (χ3v) is 5.60. The Hall–Kier alpha value is -2.46. The molecule has 3 rings (SSSR count). The molecule has 28 heavy (non-hydrogen) atoms. The predicted octanol–water partition coefficient (Wildman–Crippen LogP) is 6.92. The number of hydrogen-bond acceptors (Lipinski definition) is 1. The molecule has 0 radical (unpaired) electrons. The molecule has 1 nitrogen and oxygen atoms in total. The first kappa shape index (κ1) is 20.3. The summed E-state index contributed by atoms with van der Waals surface area (Å²) < 4.78 is 5.46. The minimum atomic E-state index is 0.672. The summed E-state index contributed by atoms with van der Waals surface area (Å²) in [6, 6.07) is 17.3. The van der Waals surface area contributed by atoms with Gasteiger partial charge in [-0.1, -0.05) is 55.5 Å². The topological polar surface area (TPSA) is 9.23 Å². The van der Waals surface area contributed by atoms with Gasteiger partial charge in [0, 0.05) is 5.56 Å². The van der Waals surface area contributed by atoms with Crippen molar-refractivity contribution in [3.8, 4) is 17.6 Å². The lowest BCUT2D eigenvalue weighted by Crippen LogP contribution is -2.11. The molecule has 0 N–H and O–H groups in total. The van der Waals surface area contributed by atoms with Crippen LogP contribution in [-0.4, -0.2) is 6.61 Å². The van der Waals surface area contributed by atoms with Crippen molar-refractivity contribution in [2.24, 2.45) is 5.92 Å². The molecule has 2 aromatic carbocycles. The zero-order valence-electron chi connectivity index (χ0n) is 17.3. The lowest BCUT2D eigenvalue weighted by molar-refractivity contribution is 0.340. The van der Waals surface area contributed by atoms with Crippen molar-refractivity contribution in [2.75, 3.05) is 6.61 Å². The molecule has 1 aliphatic carbocycles. The Morgan fingerprint density at radius 1 is 0.929 bits per heavy atom. The molecular formula is C27H32O. The molecule has 146 valence electrons. The summed E-state index contributed by atoms with van der Waals surface area (Å²) in [5.41, 5.74) is 4.02. The lowest BCUT2D eigenvalue weighted by Gasteiger charge is -2.27. The highest BCUT2D eigenvalue weighted by Crippen LogP contribution is 2.36. The van der Waals surface area contributed by atoms with Gasteiger partial charge < -0.3 is 4.74 Å². The van der Waals surface area contributed by atoms with Crippen LogP contribution < -0.4 is 4.74 Å². The van der Waals surface area contributed by atoms with Crippen LogP contribution in [0.4, 0.5) is 0 Å². The largest absolute Gasteiger partial charge is 0.494 e. The summed E-state index contributed by atoms with van der Waals surface area (Å²) in [6.45, 7) is 4.93. The third kappa shape index (κ3) is 6.03. The number of ether oxygens (including phenoxy) is 1. The first-order chi connectivity index (χ1) is 13.8. The summed E-state index contributed by atoms with van der Waals surface area (Å²) in [5, 5.41) is 0. The molecule has 1 heteroatoms. The third-order valence-electron chi connectivity index (χ3n) is 5.60. The number of allylic oxidation sites excluding steroid dienone is 2. The van der Waals surface area contributed by atoms with Crippen LogP contribution in [0.3, 0.4) is 0 Å². The number of aryl methyl sites for hydroxylation is 1. The summed E-state index contributed by atoms with van der Waals surface area (Å²) in [7, 11) is 0. The van der Waals surface area contributed by atoms with E-state index in [2.05, 4.69) is 49.1 Å². The van der Waals surface area contributed by atoms with Crippen molar-refractivity contribution in [3.63, 3.8) is 0 Å². The second-order valence-corrected chi connectivity index (χ2v) is 7.69. The van der Waals surface area contributed by atoms with Gasteiger partial charge in [0.25, 0.3) is 0 Å². The van der Waals surface area contributed by atoms with Gasteiger partial charge in [-0.2, -0.15) is 0 Å². The molecule has 0 aliphatic heterocycles. The van der Waals surface area contributed by atoms with Gasteiger partial charge in [0.15, 0.2) is 0 Å². The second-order valence-electron chi connectivity index (χ2n) is 7.69. The molecule has 1 aliphatic rings. The summed E-state index contributed by atoms with van der Waals surface area (Å²) >= 11 is 0. The fourth-order valence-electron chi connectivity index (χ4n) is 4.00. The average Bonchev–Trinajstić information content (AvgIpc) is 2.74. The SMILES string of the molecule is CCCc1ccc([C@H]2CC[C@H](/C=C/C#Cc3ccc(OCC)cc3)CC2)cc1. The minimum absolute atomic E-state index is 0.672. The van der Waals surface area contributed by atoms with Gasteiger partial charge >= 0.3 is 0 Å². The van der Waals surface area contributed by atoms with E-state index in [0.717, 1.165) is 17.2 Å². The van der Waals surface area contributed by atoms with Crippen LogP contribution in [0.15, 0.2) is 60.7 Å². The number of benzene rings is 2. The zero-order chi connectivity index (χ0) is 19.6. The Morgan fingerprint density at radius 2 is 1.64 bits per heavy atom. The van der Waals surface area contributed by atoms with E-state index in [-0.39, 0.29) is 0 Å². The van der Waals surface area contributed by atoms with Crippen LogP contribution in [0.2, 0.25) is 0 Å². The van der Waals surface area contributed by atoms with Crippen molar-refractivity contribution in [2.45, 2.75) is 58.3 Å². The van der Waals surface area contributed by atoms with Gasteiger partial charge in [0.2, 0.25) is 0 Å². The molecule has 1 fully saturated rings. The van der Waals surface area contributed by atoms with Crippen LogP contribution in [0.25, 0.3) is 0 Å². The Labute approximate surface area is 170 Å². The highest BCUT2D eigenvalue weighted by Gasteiger charge is 2.20. The fraction of sp³-hybridized carbons (Fsp3) is 0.407. The zero-order valence-corrected chi connectivity index (χ0v) is 17.3. The first-order valence-electron chi connectivity index (χ1n) is 10.8. The first-order valence-corrected chi connectivity index (χ1v) is 10.8. The minimum Gasteiger partial charge on any atom is -0.494 e. The molecule has 0 spiro atoms. The summed E-state index contributed by atoms with van der Waals surface area (Å²) in [5.74, 6) is 8.71. The molecule has 0 bridgehead atoms. The average molecular weight is 373 g/mol. The molecule has 1 saturated carbocycles. The predicted molar refractivity (Wildman–Crippen MR) is 119 cm³/mol. The van der Waals surface area contributed by atoms with E-state index in [9.17, 15) is 0 Å². The molecule has 2 aromatic rings. The molecule has 0 atom stereocenters. The normalized spacial score (nSPS) is 19.2. The maximum absolute atomic E-state index is 5.46. The highest BCUT2D eigenvalue weighted by atomic mass is 16.5. The van der Waals surface area contributed by atoms with Crippen LogP contribution >= 0.6 is 0 Å². The number of rotatable bonds is 6. The van der Waals surface area contributed by atoms with E-state index in [1.165, 1.54) is 49.7 Å². The molecule has 0 heterocycles. The summed E-state index contributed by atoms with van der Waals surface area (Å²) in [6.07, 6.45) is 11.9. The van der Waals surface area contributed by atoms with Gasteiger partial charge in [-0.05, 0) is 92.3 Å². The van der Waals surface area contributed by atoms with Crippen LogP contribution in [0.1, 0.15) is 68.6 Å². The van der Waals surface area contributed by atoms with Gasteiger partial charge in [-0.25, -0.2) is 0 Å². The van der Waals surface area contributed by atoms with E-state index in [0.29, 0.717) is 12.5 Å². The van der Waals surface area contributed by atoms with Crippen LogP contribution in [0, 0.1) is 17.8 Å². The molecule has 0 saturated heterocycles. The number of hydrogen-bond donors (Lipinski definition) is 0. The van der Waals surface area contributed by atoms with E-state index in [4.69, 9.17) is 4.74 Å². The van der Waals surface area contributed by atoms with Gasteiger partial charge in [0.1, 0.15) is 5.75 Å². The lowest BCUT2D eigenvalue weighted by atomic mass is 9.78. The van der Waals surface area contributed by atoms with Crippen LogP contribution in [-0.2, 0) is 6.42 Å². The highest BCUT2D eigenvalue weighted by molar-refractivity contribution is 5.40. The Morgan fingerprint density at radius 3 is 2.29 bits per heavy atom. The van der Waals surface area contributed by atoms with Gasteiger partial charge in [-0.3, -0.25) is 0 Å². The second kappa shape index (κ2) is 10.8. The molecule has 0 unspecified atom stereocenters. The maximum atomic E-state index is 5.46. The van der Waals surface area contributed by atoms with Crippen molar-refractivity contribution >= 4 is 0 Å². The quantitative estimate of drug-likeness (QED) is 0.500. The van der Waals surface area contributed by atoms with Crippen molar-refractivity contribution in [1.82, 2.24) is 0 Å². The van der Waals surface area contributed by atoms with Gasteiger partial charge in [-0.15, -0.1) is 0 Å². The molecular weight excluding hydrogens is 340 g/mol. The van der Waals surface area contributed by atoms with Crippen LogP contribution in [0.5, 0.6) is 5.75 Å². The van der Waals surface area contributed by atoms with Crippen molar-refractivity contribution < 1.29 is 4.74 Å². The maximum Gasteiger partial charge on any atom is 0.119 e. The Balaban J connectivity index is 1.46. The fourth-order valence-corrected chi connectivity index (χ4v) is 4.00. The van der Waals surface area contributed by atoms with E-state index < -0.39 is 0 Å². The summed E-state index contributed by atoms with van der Waals surface area (Å²) in [4.78, 5) is 0. The molecule has 0 amide bonds. The Kier molecular flexibility index (Phi) is 7.80. The monoisotopic (exact) mass is 372 g/mol. The van der Waals surface area contributed by atoms with E-state index in [1.807, 2.05) is 37.3 Å². The van der Waals surface area contributed by atoms with Crippen molar-refractivity contribution in [3.05, 3.63) is 77.4 Å². The smallest absolute Gasteiger partial charge is 0.119 e.